The summed E-state index contributed by atoms with van der Waals surface area (Å²) in [5, 5.41) is 141. The second-order valence-electron chi connectivity index (χ2n) is 18.3. The molecule has 6 aliphatic rings. The van der Waals surface area contributed by atoms with E-state index in [9.17, 15) is 71.2 Å². The van der Waals surface area contributed by atoms with E-state index >= 15 is 0 Å². The van der Waals surface area contributed by atoms with Gasteiger partial charge in [0.1, 0.15) is 97.6 Å². The van der Waals surface area contributed by atoms with E-state index < -0.39 is 229 Å². The monoisotopic (exact) mass is 1020 g/mol. The normalized spacial score (nSPS) is 51.5. The first-order chi connectivity index (χ1) is 33.2. The number of carbonyl (C=O) groups excluding carboxylic acids is 1. The molecule has 0 saturated carbocycles. The van der Waals surface area contributed by atoms with Crippen LogP contribution in [0, 0.1) is 5.92 Å². The van der Waals surface area contributed by atoms with Gasteiger partial charge < -0.3 is 152 Å². The lowest BCUT2D eigenvalue weighted by Gasteiger charge is -2.51. The van der Waals surface area contributed by atoms with E-state index in [0.717, 1.165) is 6.92 Å². The Kier molecular flexibility index (Phi) is 20.4. The number of nitrogens with one attached hydrogen (secondary N) is 1. The zero-order valence-corrected chi connectivity index (χ0v) is 38.2. The van der Waals surface area contributed by atoms with Crippen molar-refractivity contribution in [3.63, 3.8) is 0 Å². The van der Waals surface area contributed by atoms with E-state index in [1.807, 2.05) is 0 Å². The molecular formula is C39H72N6O25. The van der Waals surface area contributed by atoms with Crippen molar-refractivity contribution in [2.24, 2.45) is 34.6 Å². The Morgan fingerprint density at radius 1 is 0.414 bits per heavy atom. The van der Waals surface area contributed by atoms with Crippen LogP contribution in [0.5, 0.6) is 0 Å². The Labute approximate surface area is 400 Å². The van der Waals surface area contributed by atoms with Crippen molar-refractivity contribution >= 4 is 5.91 Å². The predicted octanol–water partition coefficient (Wildman–Crippen LogP) is -12.8. The molecule has 0 aromatic carbocycles. The molecular weight excluding hydrogens is 952 g/mol. The van der Waals surface area contributed by atoms with Gasteiger partial charge in [-0.3, -0.25) is 4.79 Å². The highest BCUT2D eigenvalue weighted by molar-refractivity contribution is 5.73. The van der Waals surface area contributed by atoms with E-state index in [0.29, 0.717) is 0 Å². The molecule has 6 aliphatic heterocycles. The molecule has 0 aromatic heterocycles. The fourth-order valence-electron chi connectivity index (χ4n) is 9.37. The molecule has 30 unspecified atom stereocenters. The lowest BCUT2D eigenvalue weighted by atomic mass is 9.89. The molecule has 6 heterocycles. The topological polar surface area (TPSA) is 524 Å². The van der Waals surface area contributed by atoms with Crippen molar-refractivity contribution < 1.29 is 123 Å². The second-order valence-corrected chi connectivity index (χ2v) is 18.3. The third-order valence-electron chi connectivity index (χ3n) is 13.6. The van der Waals surface area contributed by atoms with E-state index in [2.05, 4.69) is 5.32 Å². The standard InChI is InChI=1S/C39H72N6O25/c1-9-11(3-46)61-35(18(41)23(9)53)69-33-16(8-51)65-39(22(28(33)58)45-10(2)52)70-32-15(7-50)64-38(21(44)27(32)57)68-31-14(6-49)63-37(20(43)26(31)56)67-30-13(5-48)62-36(19(42)25(30)55)66-29-12(4-47)60-34(59)17(40)24(29)54/h9,11-39,46-51,53-59H,3-8,40-44H2,1-2H3,(H,45,52). The van der Waals surface area contributed by atoms with Gasteiger partial charge in [0, 0.05) is 12.8 Å². The van der Waals surface area contributed by atoms with Gasteiger partial charge in [0.05, 0.1) is 82.1 Å². The van der Waals surface area contributed by atoms with Crippen molar-refractivity contribution in [1.82, 2.24) is 5.32 Å². The van der Waals surface area contributed by atoms with Crippen LogP contribution < -0.4 is 34.0 Å². The third kappa shape index (κ3) is 11.9. The summed E-state index contributed by atoms with van der Waals surface area (Å²) in [7, 11) is 0. The summed E-state index contributed by atoms with van der Waals surface area (Å²) in [6.45, 7) is -1.98. The van der Waals surface area contributed by atoms with Crippen LogP contribution in [-0.4, -0.2) is 290 Å². The smallest absolute Gasteiger partial charge is 0.217 e. The number of rotatable bonds is 17. The summed E-state index contributed by atoms with van der Waals surface area (Å²) in [4.78, 5) is 12.4. The lowest BCUT2D eigenvalue weighted by molar-refractivity contribution is -0.367. The summed E-state index contributed by atoms with van der Waals surface area (Å²) in [5.41, 5.74) is 30.9. The summed E-state index contributed by atoms with van der Waals surface area (Å²) < 4.78 is 64.0. The van der Waals surface area contributed by atoms with Crippen molar-refractivity contribution in [2.45, 2.75) is 192 Å². The highest BCUT2D eigenvalue weighted by Gasteiger charge is 2.57. The Balaban J connectivity index is 1.10. The largest absolute Gasteiger partial charge is 0.394 e. The maximum Gasteiger partial charge on any atom is 0.217 e. The lowest BCUT2D eigenvalue weighted by Crippen LogP contribution is -2.71. The van der Waals surface area contributed by atoms with E-state index in [1.165, 1.54) is 0 Å². The number of aliphatic hydroxyl groups is 13. The van der Waals surface area contributed by atoms with Crippen LogP contribution in [0.4, 0.5) is 0 Å². The fraction of sp³-hybridized carbons (Fsp3) is 0.974. The number of aliphatic hydroxyl groups excluding tert-OH is 13. The molecule has 31 heteroatoms. The van der Waals surface area contributed by atoms with Crippen LogP contribution in [0.3, 0.4) is 0 Å². The quantitative estimate of drug-likeness (QED) is 0.0643. The van der Waals surface area contributed by atoms with Crippen LogP contribution in [0.1, 0.15) is 13.8 Å². The molecule has 0 aliphatic carbocycles. The van der Waals surface area contributed by atoms with Crippen molar-refractivity contribution in [2.75, 3.05) is 39.6 Å². The van der Waals surface area contributed by atoms with Crippen LogP contribution in [0.25, 0.3) is 0 Å². The third-order valence-corrected chi connectivity index (χ3v) is 13.6. The van der Waals surface area contributed by atoms with Crippen LogP contribution in [-0.2, 0) is 56.9 Å². The highest BCUT2D eigenvalue weighted by atomic mass is 16.8. The Bertz CT molecular complexity index is 1640. The summed E-state index contributed by atoms with van der Waals surface area (Å²) in [6, 6.07) is -8.72. The predicted molar refractivity (Wildman–Crippen MR) is 224 cm³/mol. The molecule has 408 valence electrons. The van der Waals surface area contributed by atoms with Crippen molar-refractivity contribution in [3.8, 4) is 0 Å². The molecule has 24 N–H and O–H groups in total. The molecule has 31 nitrogen and oxygen atoms in total. The molecule has 70 heavy (non-hydrogen) atoms. The van der Waals surface area contributed by atoms with Crippen molar-refractivity contribution in [1.29, 1.82) is 0 Å². The first kappa shape index (κ1) is 57.6. The number of amides is 1. The van der Waals surface area contributed by atoms with Gasteiger partial charge in [0.15, 0.2) is 37.7 Å². The molecule has 0 bridgehead atoms. The first-order valence-corrected chi connectivity index (χ1v) is 22.8. The van der Waals surface area contributed by atoms with Gasteiger partial charge in [0.2, 0.25) is 5.91 Å². The summed E-state index contributed by atoms with van der Waals surface area (Å²) in [6.07, 6.45) is -35.6. The van der Waals surface area contributed by atoms with Gasteiger partial charge in [-0.1, -0.05) is 6.92 Å². The Hall–Kier alpha value is -1.69. The minimum absolute atomic E-state index is 0.511. The van der Waals surface area contributed by atoms with Crippen LogP contribution in [0.2, 0.25) is 0 Å². The number of hydrogen-bond donors (Lipinski definition) is 19. The van der Waals surface area contributed by atoms with Crippen molar-refractivity contribution in [3.05, 3.63) is 0 Å². The number of carbonyl (C=O) groups is 1. The van der Waals surface area contributed by atoms with E-state index in [4.69, 9.17) is 80.8 Å². The molecule has 30 atom stereocenters. The molecule has 0 aromatic rings. The second kappa shape index (κ2) is 24.8. The molecule has 6 saturated heterocycles. The fourth-order valence-corrected chi connectivity index (χ4v) is 9.37. The van der Waals surface area contributed by atoms with Gasteiger partial charge in [0.25, 0.3) is 0 Å². The Morgan fingerprint density at radius 2 is 0.686 bits per heavy atom. The number of ether oxygens (including phenoxy) is 11. The molecule has 1 amide bonds. The zero-order valence-electron chi connectivity index (χ0n) is 38.2. The van der Waals surface area contributed by atoms with Gasteiger partial charge in [-0.25, -0.2) is 0 Å². The molecule has 0 radical (unpaired) electrons. The number of nitrogens with two attached hydrogens (primary N) is 5. The maximum atomic E-state index is 12.4. The maximum absolute atomic E-state index is 12.4. The van der Waals surface area contributed by atoms with Gasteiger partial charge >= 0.3 is 0 Å². The van der Waals surface area contributed by atoms with Gasteiger partial charge in [-0.15, -0.1) is 0 Å². The first-order valence-electron chi connectivity index (χ1n) is 22.8. The number of hydrogen-bond acceptors (Lipinski definition) is 30. The minimum Gasteiger partial charge on any atom is -0.394 e. The van der Waals surface area contributed by atoms with E-state index in [1.54, 1.807) is 6.92 Å². The summed E-state index contributed by atoms with van der Waals surface area (Å²) >= 11 is 0. The van der Waals surface area contributed by atoms with Crippen LogP contribution in [0.15, 0.2) is 0 Å². The average molecular weight is 1030 g/mol. The van der Waals surface area contributed by atoms with Gasteiger partial charge in [-0.05, 0) is 0 Å². The highest BCUT2D eigenvalue weighted by Crippen LogP contribution is 2.36. The average Bonchev–Trinajstić information content (AvgIpc) is 3.34. The Morgan fingerprint density at radius 3 is 1.03 bits per heavy atom. The van der Waals surface area contributed by atoms with Crippen LogP contribution >= 0.6 is 0 Å². The van der Waals surface area contributed by atoms with Gasteiger partial charge in [-0.2, -0.15) is 0 Å². The molecule has 0 spiro atoms. The molecule has 6 fully saturated rings. The zero-order chi connectivity index (χ0) is 51.6. The summed E-state index contributed by atoms with van der Waals surface area (Å²) in [5.74, 6) is -1.30. The minimum atomic E-state index is -1.82. The van der Waals surface area contributed by atoms with E-state index in [-0.39, 0.29) is 0 Å². The SMILES string of the molecule is CC(=O)NC1C(OC2C(CO)OC(OC3C(CO)OC(OC4C(CO)OC(OC5C(CO)OC(O)C(N)C5O)C(N)C4O)C(N)C3O)C(N)C2O)OC(CO)C(OC2OC(CO)C(C)C(O)C2N)C1O. The molecule has 6 rings (SSSR count).